The number of amides is 2. The Morgan fingerprint density at radius 1 is 1.06 bits per heavy atom. The Kier molecular flexibility index (Phi) is 9.00. The minimum atomic E-state index is -0.776. The van der Waals surface area contributed by atoms with Crippen LogP contribution in [-0.2, 0) is 19.5 Å². The molecule has 0 saturated carbocycles. The molecule has 180 valence electrons. The largest absolute Gasteiger partial charge is 0.354 e. The zero-order valence-electron chi connectivity index (χ0n) is 18.9. The summed E-state index contributed by atoms with van der Waals surface area (Å²) in [5, 5.41) is 13.8. The number of nitrogens with one attached hydrogen (secondary N) is 2. The van der Waals surface area contributed by atoms with Gasteiger partial charge in [0.25, 0.3) is 11.8 Å². The summed E-state index contributed by atoms with van der Waals surface area (Å²) in [7, 11) is 1.48. The highest BCUT2D eigenvalue weighted by atomic mass is 19.1. The van der Waals surface area contributed by atoms with E-state index in [0.29, 0.717) is 29.5 Å². The number of hydrogen-bond donors (Lipinski definition) is 4. The number of nitrogens with two attached hydrogens (primary N) is 2. The van der Waals surface area contributed by atoms with Gasteiger partial charge >= 0.3 is 0 Å². The van der Waals surface area contributed by atoms with Gasteiger partial charge in [-0.3, -0.25) is 19.0 Å². The molecule has 2 aromatic rings. The van der Waals surface area contributed by atoms with E-state index in [2.05, 4.69) is 20.8 Å². The molecule has 0 aromatic carbocycles. The van der Waals surface area contributed by atoms with Crippen molar-refractivity contribution in [3.05, 3.63) is 59.2 Å². The smallest absolute Gasteiger partial charge is 0.272 e. The quantitative estimate of drug-likeness (QED) is 0.387. The van der Waals surface area contributed by atoms with Gasteiger partial charge in [0, 0.05) is 44.0 Å². The fourth-order valence-corrected chi connectivity index (χ4v) is 3.10. The van der Waals surface area contributed by atoms with E-state index in [1.54, 1.807) is 26.1 Å². The van der Waals surface area contributed by atoms with E-state index < -0.39 is 11.4 Å². The van der Waals surface area contributed by atoms with Crippen LogP contribution in [0.5, 0.6) is 0 Å². The van der Waals surface area contributed by atoms with Crippen molar-refractivity contribution >= 4 is 11.8 Å². The lowest BCUT2D eigenvalue weighted by Crippen LogP contribution is -2.45. The van der Waals surface area contributed by atoms with Crippen molar-refractivity contribution in [2.24, 2.45) is 11.5 Å². The summed E-state index contributed by atoms with van der Waals surface area (Å²) in [4.78, 5) is 24.8. The topological polar surface area (TPSA) is 146 Å². The SMILES string of the molecule is CNC(=O)c1cc(CC(C)(C)NC(=O)c2ccn(C/C(=C/F)CN)n2)n(C/C(=C/F)CN)n1. The maximum atomic E-state index is 13.1. The molecule has 0 fully saturated rings. The Morgan fingerprint density at radius 3 is 2.27 bits per heavy atom. The fourth-order valence-electron chi connectivity index (χ4n) is 3.10. The van der Waals surface area contributed by atoms with Gasteiger partial charge in [0.1, 0.15) is 11.4 Å². The first kappa shape index (κ1) is 25.9. The number of carbonyl (C=O) groups is 2. The molecule has 6 N–H and O–H groups in total. The highest BCUT2D eigenvalue weighted by molar-refractivity contribution is 5.93. The monoisotopic (exact) mass is 464 g/mol. The molecular weight excluding hydrogens is 434 g/mol. The van der Waals surface area contributed by atoms with E-state index in [0.717, 1.165) is 0 Å². The van der Waals surface area contributed by atoms with E-state index in [4.69, 9.17) is 11.5 Å². The number of carbonyl (C=O) groups excluding carboxylic acids is 2. The lowest BCUT2D eigenvalue weighted by atomic mass is 9.97. The third kappa shape index (κ3) is 7.05. The molecule has 10 nitrogen and oxygen atoms in total. The summed E-state index contributed by atoms with van der Waals surface area (Å²) >= 11 is 0. The Morgan fingerprint density at radius 2 is 1.70 bits per heavy atom. The maximum Gasteiger partial charge on any atom is 0.272 e. The van der Waals surface area contributed by atoms with Crippen LogP contribution >= 0.6 is 0 Å². The molecule has 0 bridgehead atoms. The molecule has 33 heavy (non-hydrogen) atoms. The third-order valence-corrected chi connectivity index (χ3v) is 4.82. The number of nitrogens with zero attached hydrogens (tertiary/aromatic N) is 4. The van der Waals surface area contributed by atoms with Crippen LogP contribution in [0.2, 0.25) is 0 Å². The van der Waals surface area contributed by atoms with E-state index in [9.17, 15) is 18.4 Å². The van der Waals surface area contributed by atoms with Gasteiger partial charge in [-0.15, -0.1) is 0 Å². The van der Waals surface area contributed by atoms with Gasteiger partial charge in [-0.1, -0.05) is 0 Å². The summed E-state index contributed by atoms with van der Waals surface area (Å²) in [6, 6.07) is 3.11. The van der Waals surface area contributed by atoms with Crippen molar-refractivity contribution in [3.63, 3.8) is 0 Å². The Balaban J connectivity index is 2.19. The zero-order chi connectivity index (χ0) is 24.6. The first-order valence-corrected chi connectivity index (χ1v) is 10.3. The minimum absolute atomic E-state index is 0.00262. The maximum absolute atomic E-state index is 13.1. The molecule has 0 aliphatic heterocycles. The van der Waals surface area contributed by atoms with Crippen LogP contribution in [0, 0.1) is 0 Å². The normalized spacial score (nSPS) is 12.7. The van der Waals surface area contributed by atoms with E-state index in [1.807, 2.05) is 0 Å². The van der Waals surface area contributed by atoms with Crippen molar-refractivity contribution in [1.29, 1.82) is 0 Å². The molecule has 0 aliphatic rings. The van der Waals surface area contributed by atoms with Gasteiger partial charge in [0.05, 0.1) is 25.7 Å². The van der Waals surface area contributed by atoms with Gasteiger partial charge in [-0.2, -0.15) is 10.2 Å². The third-order valence-electron chi connectivity index (χ3n) is 4.82. The van der Waals surface area contributed by atoms with E-state index in [1.165, 1.54) is 22.5 Å². The van der Waals surface area contributed by atoms with Crippen LogP contribution in [0.3, 0.4) is 0 Å². The minimum Gasteiger partial charge on any atom is -0.354 e. The summed E-state index contributed by atoms with van der Waals surface area (Å²) < 4.78 is 28.7. The molecule has 2 rings (SSSR count). The summed E-state index contributed by atoms with van der Waals surface area (Å²) in [6.07, 6.45) is 2.69. The molecule has 0 atom stereocenters. The zero-order valence-corrected chi connectivity index (χ0v) is 18.9. The predicted molar refractivity (Wildman–Crippen MR) is 120 cm³/mol. The molecule has 0 radical (unpaired) electrons. The van der Waals surface area contributed by atoms with E-state index >= 15 is 0 Å². The summed E-state index contributed by atoms with van der Waals surface area (Å²) in [5.41, 5.74) is 11.8. The second-order valence-electron chi connectivity index (χ2n) is 8.11. The molecule has 0 saturated heterocycles. The van der Waals surface area contributed by atoms with Gasteiger partial charge < -0.3 is 22.1 Å². The lowest BCUT2D eigenvalue weighted by Gasteiger charge is -2.26. The summed E-state index contributed by atoms with van der Waals surface area (Å²) in [5.74, 6) is -0.818. The first-order chi connectivity index (χ1) is 15.7. The Labute approximate surface area is 190 Å². The molecule has 0 aliphatic carbocycles. The Hall–Kier alpha value is -3.38. The van der Waals surface area contributed by atoms with Crippen molar-refractivity contribution in [1.82, 2.24) is 30.2 Å². The summed E-state index contributed by atoms with van der Waals surface area (Å²) in [6.45, 7) is 3.84. The number of halogens is 2. The second kappa shape index (κ2) is 11.5. The second-order valence-corrected chi connectivity index (χ2v) is 8.11. The average molecular weight is 465 g/mol. The number of hydrogen-bond acceptors (Lipinski definition) is 6. The van der Waals surface area contributed by atoms with Crippen LogP contribution < -0.4 is 22.1 Å². The Bertz CT molecular complexity index is 1040. The van der Waals surface area contributed by atoms with Gasteiger partial charge in [-0.05, 0) is 37.1 Å². The molecular formula is C21H30F2N8O2. The van der Waals surface area contributed by atoms with Crippen LogP contribution in [0.15, 0.2) is 42.1 Å². The first-order valence-electron chi connectivity index (χ1n) is 10.3. The molecule has 0 unspecified atom stereocenters. The molecule has 12 heteroatoms. The lowest BCUT2D eigenvalue weighted by molar-refractivity contribution is 0.0904. The molecule has 0 spiro atoms. The van der Waals surface area contributed by atoms with Crippen LogP contribution in [-0.4, -0.2) is 57.1 Å². The highest BCUT2D eigenvalue weighted by Gasteiger charge is 2.26. The van der Waals surface area contributed by atoms with Crippen molar-refractivity contribution in [3.8, 4) is 0 Å². The van der Waals surface area contributed by atoms with Crippen LogP contribution in [0.25, 0.3) is 0 Å². The highest BCUT2D eigenvalue weighted by Crippen LogP contribution is 2.17. The predicted octanol–water partition coefficient (Wildman–Crippen LogP) is 0.815. The van der Waals surface area contributed by atoms with Crippen LogP contribution in [0.4, 0.5) is 8.78 Å². The fraction of sp³-hybridized carbons (Fsp3) is 0.429. The van der Waals surface area contributed by atoms with Gasteiger partial charge in [0.15, 0.2) is 0 Å². The van der Waals surface area contributed by atoms with Gasteiger partial charge in [0.2, 0.25) is 0 Å². The van der Waals surface area contributed by atoms with Gasteiger partial charge in [-0.25, -0.2) is 8.78 Å². The standard InChI is InChI=1S/C21H30F2N8O2/c1-21(2,27-20(33)17-4-5-30(28-17)12-14(8-22)10-24)7-16-6-18(19(32)26-3)29-31(16)13-15(9-23)11-25/h4-6,8-9H,7,10-13,24-25H2,1-3H3,(H,26,32)(H,27,33)/b14-8+,15-9+. The van der Waals surface area contributed by atoms with Crippen molar-refractivity contribution in [2.45, 2.75) is 38.9 Å². The number of rotatable bonds is 11. The average Bonchev–Trinajstić information content (AvgIpc) is 3.41. The van der Waals surface area contributed by atoms with Crippen LogP contribution in [0.1, 0.15) is 40.5 Å². The van der Waals surface area contributed by atoms with Crippen molar-refractivity contribution < 1.29 is 18.4 Å². The van der Waals surface area contributed by atoms with E-state index in [-0.39, 0.29) is 49.9 Å². The molecule has 2 amide bonds. The molecule has 2 heterocycles. The molecule has 2 aromatic heterocycles. The number of aromatic nitrogens is 4. The van der Waals surface area contributed by atoms with Crippen molar-refractivity contribution in [2.75, 3.05) is 20.1 Å².